The van der Waals surface area contributed by atoms with E-state index < -0.39 is 53.9 Å². The molecule has 6 atom stereocenters. The monoisotopic (exact) mass is 642 g/mol. The van der Waals surface area contributed by atoms with E-state index >= 15 is 0 Å². The molecule has 1 aliphatic carbocycles. The third kappa shape index (κ3) is 8.46. The predicted molar refractivity (Wildman–Crippen MR) is 170 cm³/mol. The van der Waals surface area contributed by atoms with Crippen molar-refractivity contribution in [3.8, 4) is 0 Å². The summed E-state index contributed by atoms with van der Waals surface area (Å²) in [6.07, 6.45) is 2.50. The number of fused-ring (bicyclic) bond motifs is 2. The number of ketones is 2. The Kier molecular flexibility index (Phi) is 12.6. The molecule has 6 unspecified atom stereocenters. The zero-order valence-electron chi connectivity index (χ0n) is 26.6. The SMILES string of the molecule is COC1=C2CC(C)CC(OC)C(O)C(C)C=C(C)C(OC(N)=O)C(OC)C=CC=C(C)C(=O)NC(=C(c3cccs3)C1=O)C2=O. The number of allylic oxidation sites excluding steroid dienone is 4. The lowest BCUT2D eigenvalue weighted by Crippen LogP contribution is -2.37. The quantitative estimate of drug-likeness (QED) is 0.318. The topological polar surface area (TPSA) is 163 Å². The molecule has 45 heavy (non-hydrogen) atoms. The molecule has 2 bridgehead atoms. The van der Waals surface area contributed by atoms with Gasteiger partial charge in [0.25, 0.3) is 5.91 Å². The van der Waals surface area contributed by atoms with Gasteiger partial charge < -0.3 is 35.1 Å². The van der Waals surface area contributed by atoms with Gasteiger partial charge in [-0.05, 0) is 49.6 Å². The normalized spacial score (nSPS) is 27.6. The number of primary amides is 1. The van der Waals surface area contributed by atoms with Crippen molar-refractivity contribution in [3.63, 3.8) is 0 Å². The van der Waals surface area contributed by atoms with Crippen molar-refractivity contribution in [1.82, 2.24) is 5.32 Å². The largest absolute Gasteiger partial charge is 0.492 e. The number of aliphatic hydroxyl groups is 1. The number of thiophene rings is 1. The van der Waals surface area contributed by atoms with Gasteiger partial charge in [0.05, 0.1) is 24.9 Å². The summed E-state index contributed by atoms with van der Waals surface area (Å²) in [4.78, 5) is 53.5. The average molecular weight is 643 g/mol. The fourth-order valence-corrected chi connectivity index (χ4v) is 6.28. The minimum Gasteiger partial charge on any atom is -0.492 e. The van der Waals surface area contributed by atoms with Crippen LogP contribution >= 0.6 is 11.3 Å². The molecule has 2 heterocycles. The molecule has 11 nitrogen and oxygen atoms in total. The van der Waals surface area contributed by atoms with Gasteiger partial charge in [0.1, 0.15) is 11.8 Å². The summed E-state index contributed by atoms with van der Waals surface area (Å²) in [6.45, 7) is 6.97. The zero-order valence-corrected chi connectivity index (χ0v) is 27.4. The molecule has 1 aromatic heterocycles. The Balaban J connectivity index is 2.18. The highest BCUT2D eigenvalue weighted by Crippen LogP contribution is 2.36. The highest BCUT2D eigenvalue weighted by Gasteiger charge is 2.39. The Bertz CT molecular complexity index is 1440. The van der Waals surface area contributed by atoms with E-state index in [0.717, 1.165) is 0 Å². The van der Waals surface area contributed by atoms with Gasteiger partial charge in [0.15, 0.2) is 11.9 Å². The fraction of sp³-hybridized carbons (Fsp3) is 0.455. The Hall–Kier alpha value is -3.84. The smallest absolute Gasteiger partial charge is 0.405 e. The zero-order chi connectivity index (χ0) is 33.4. The van der Waals surface area contributed by atoms with Crippen LogP contribution in [-0.4, -0.2) is 74.4 Å². The van der Waals surface area contributed by atoms with Crippen molar-refractivity contribution in [1.29, 1.82) is 0 Å². The Labute approximate surface area is 267 Å². The number of hydrogen-bond acceptors (Lipinski definition) is 10. The standard InChI is InChI=1S/C33H42N2O9S/c1-17-14-21-28(37)26(25(24-12-9-13-45-24)29(38)31(21)43-7)35-32(39)18(2)10-8-11-22(41-5)30(44-33(34)40)20(4)16-19(3)27(36)23(15-17)42-6/h8-13,16-17,19,22-23,27,30,36H,14-15H2,1-7H3,(H2,34,40)(H,35,39). The van der Waals surface area contributed by atoms with Crippen molar-refractivity contribution in [2.24, 2.45) is 17.6 Å². The maximum atomic E-state index is 14.0. The first-order chi connectivity index (χ1) is 21.3. The number of Topliss-reactive ketones (excluding diaryl/α,β-unsaturated/α-hetero) is 2. The predicted octanol–water partition coefficient (Wildman–Crippen LogP) is 4.00. The second-order valence-electron chi connectivity index (χ2n) is 11.2. The van der Waals surface area contributed by atoms with Crippen LogP contribution in [0.1, 0.15) is 45.4 Å². The molecule has 244 valence electrons. The second kappa shape index (κ2) is 15.9. The van der Waals surface area contributed by atoms with Crippen molar-refractivity contribution < 1.29 is 43.2 Å². The molecule has 2 aliphatic rings. The number of carbonyl (C=O) groups is 4. The van der Waals surface area contributed by atoms with Crippen LogP contribution in [0.25, 0.3) is 5.57 Å². The molecule has 0 saturated heterocycles. The molecular formula is C33H42N2O9S. The van der Waals surface area contributed by atoms with Gasteiger partial charge in [-0.15, -0.1) is 11.3 Å². The second-order valence-corrected chi connectivity index (χ2v) is 12.2. The number of carbonyl (C=O) groups excluding carboxylic acids is 4. The maximum absolute atomic E-state index is 14.0. The molecule has 4 N–H and O–H groups in total. The number of nitrogens with one attached hydrogen (secondary N) is 1. The molecule has 0 saturated carbocycles. The molecule has 3 rings (SSSR count). The van der Waals surface area contributed by atoms with E-state index in [9.17, 15) is 24.3 Å². The number of ether oxygens (including phenoxy) is 4. The van der Waals surface area contributed by atoms with Crippen molar-refractivity contribution in [2.75, 3.05) is 21.3 Å². The first kappa shape index (κ1) is 35.6. The van der Waals surface area contributed by atoms with Crippen LogP contribution in [0.3, 0.4) is 0 Å². The lowest BCUT2D eigenvalue weighted by Gasteiger charge is -2.30. The van der Waals surface area contributed by atoms with E-state index in [0.29, 0.717) is 16.9 Å². The van der Waals surface area contributed by atoms with Crippen LogP contribution in [0.4, 0.5) is 4.79 Å². The van der Waals surface area contributed by atoms with Gasteiger partial charge in [-0.1, -0.05) is 44.2 Å². The van der Waals surface area contributed by atoms with E-state index in [-0.39, 0.29) is 40.5 Å². The first-order valence-corrected chi connectivity index (χ1v) is 15.4. The molecule has 0 spiro atoms. The minimum atomic E-state index is -1.01. The van der Waals surface area contributed by atoms with Gasteiger partial charge in [-0.3, -0.25) is 14.4 Å². The molecular weight excluding hydrogens is 600 g/mol. The third-order valence-corrected chi connectivity index (χ3v) is 8.76. The lowest BCUT2D eigenvalue weighted by molar-refractivity contribution is -0.120. The van der Waals surface area contributed by atoms with Crippen LogP contribution in [0.2, 0.25) is 0 Å². The van der Waals surface area contributed by atoms with Crippen LogP contribution in [-0.2, 0) is 33.3 Å². The van der Waals surface area contributed by atoms with Gasteiger partial charge in [0.2, 0.25) is 11.6 Å². The highest BCUT2D eigenvalue weighted by molar-refractivity contribution is 7.11. The van der Waals surface area contributed by atoms with Gasteiger partial charge in [-0.2, -0.15) is 0 Å². The van der Waals surface area contributed by atoms with Crippen molar-refractivity contribution in [3.05, 3.63) is 74.9 Å². The Morgan fingerprint density at radius 3 is 2.38 bits per heavy atom. The summed E-state index contributed by atoms with van der Waals surface area (Å²) in [5.41, 5.74) is 6.23. The molecule has 0 aromatic carbocycles. The number of amides is 2. The summed E-state index contributed by atoms with van der Waals surface area (Å²) in [6, 6.07) is 3.44. The molecule has 2 amide bonds. The molecule has 0 fully saturated rings. The van der Waals surface area contributed by atoms with Gasteiger partial charge in [0, 0.05) is 36.2 Å². The number of methoxy groups -OCH3 is 3. The highest BCUT2D eigenvalue weighted by atomic mass is 32.1. The average Bonchev–Trinajstić information content (AvgIpc) is 3.53. The number of rotatable bonds is 5. The van der Waals surface area contributed by atoms with Gasteiger partial charge in [-0.25, -0.2) is 4.79 Å². The summed E-state index contributed by atoms with van der Waals surface area (Å²) in [5, 5.41) is 15.7. The van der Waals surface area contributed by atoms with Gasteiger partial charge >= 0.3 is 6.09 Å². The fourth-order valence-electron chi connectivity index (χ4n) is 5.50. The van der Waals surface area contributed by atoms with E-state index in [1.165, 1.54) is 38.7 Å². The number of nitrogens with two attached hydrogens (primary N) is 1. The van der Waals surface area contributed by atoms with Crippen LogP contribution < -0.4 is 11.1 Å². The third-order valence-electron chi connectivity index (χ3n) is 7.87. The Morgan fingerprint density at radius 1 is 1.09 bits per heavy atom. The van der Waals surface area contributed by atoms with Crippen LogP contribution in [0, 0.1) is 11.8 Å². The summed E-state index contributed by atoms with van der Waals surface area (Å²) >= 11 is 1.26. The summed E-state index contributed by atoms with van der Waals surface area (Å²) < 4.78 is 22.2. The minimum absolute atomic E-state index is 0.0530. The van der Waals surface area contributed by atoms with Crippen LogP contribution in [0.5, 0.6) is 0 Å². The van der Waals surface area contributed by atoms with Crippen molar-refractivity contribution >= 4 is 40.5 Å². The van der Waals surface area contributed by atoms with Crippen molar-refractivity contribution in [2.45, 2.75) is 65.0 Å². The molecule has 12 heteroatoms. The summed E-state index contributed by atoms with van der Waals surface area (Å²) in [7, 11) is 4.25. The number of hydrogen-bond donors (Lipinski definition) is 3. The van der Waals surface area contributed by atoms with E-state index in [2.05, 4.69) is 5.32 Å². The first-order valence-electron chi connectivity index (χ1n) is 14.5. The lowest BCUT2D eigenvalue weighted by atomic mass is 9.83. The van der Waals surface area contributed by atoms with E-state index in [4.69, 9.17) is 24.7 Å². The maximum Gasteiger partial charge on any atom is 0.405 e. The van der Waals surface area contributed by atoms with E-state index in [1.807, 2.05) is 6.92 Å². The van der Waals surface area contributed by atoms with Crippen LogP contribution in [0.15, 0.2) is 70.0 Å². The van der Waals surface area contributed by atoms with E-state index in [1.54, 1.807) is 56.5 Å². The number of aliphatic hydroxyl groups excluding tert-OH is 1. The summed E-state index contributed by atoms with van der Waals surface area (Å²) in [5.74, 6) is -2.42. The Morgan fingerprint density at radius 2 is 1.80 bits per heavy atom. The molecule has 0 radical (unpaired) electrons. The molecule has 1 aromatic rings. The molecule has 1 aliphatic heterocycles.